The summed E-state index contributed by atoms with van der Waals surface area (Å²) in [5, 5.41) is 9.82. The van der Waals surface area contributed by atoms with Crippen LogP contribution in [-0.2, 0) is 13.0 Å². The molecular formula is C14H13ClO2S. The fourth-order valence-electron chi connectivity index (χ4n) is 2.31. The number of rotatable bonds is 3. The molecule has 1 aromatic carbocycles. The van der Waals surface area contributed by atoms with Crippen LogP contribution in [0.5, 0.6) is 5.75 Å². The van der Waals surface area contributed by atoms with E-state index in [0.717, 1.165) is 38.9 Å². The molecule has 2 nitrogen and oxygen atoms in total. The molecule has 1 aliphatic carbocycles. The second-order valence-corrected chi connectivity index (χ2v) is 6.17. The van der Waals surface area contributed by atoms with Crippen molar-refractivity contribution in [2.45, 2.75) is 25.6 Å². The lowest BCUT2D eigenvalue weighted by molar-refractivity contribution is 0.180. The molecule has 2 aromatic rings. The van der Waals surface area contributed by atoms with Crippen LogP contribution in [0.25, 0.3) is 0 Å². The van der Waals surface area contributed by atoms with Gasteiger partial charge in [-0.15, -0.1) is 11.3 Å². The molecule has 1 aliphatic rings. The van der Waals surface area contributed by atoms with Gasteiger partial charge in [0.2, 0.25) is 0 Å². The maximum atomic E-state index is 9.82. The molecule has 0 bridgehead atoms. The van der Waals surface area contributed by atoms with E-state index in [2.05, 4.69) is 0 Å². The minimum Gasteiger partial charge on any atom is -0.488 e. The summed E-state index contributed by atoms with van der Waals surface area (Å²) in [6, 6.07) is 9.73. The molecule has 3 rings (SSSR count). The van der Waals surface area contributed by atoms with E-state index in [1.807, 2.05) is 30.3 Å². The molecule has 1 atom stereocenters. The van der Waals surface area contributed by atoms with Gasteiger partial charge in [0.25, 0.3) is 0 Å². The maximum absolute atomic E-state index is 9.82. The normalized spacial score (nSPS) is 17.8. The van der Waals surface area contributed by atoms with Crippen LogP contribution in [0.4, 0.5) is 0 Å². The highest BCUT2D eigenvalue weighted by atomic mass is 35.5. The van der Waals surface area contributed by atoms with Gasteiger partial charge in [-0.05, 0) is 36.6 Å². The summed E-state index contributed by atoms with van der Waals surface area (Å²) in [5.74, 6) is 0.883. The van der Waals surface area contributed by atoms with Gasteiger partial charge in [0, 0.05) is 10.4 Å². The molecule has 0 amide bonds. The average Bonchev–Trinajstić information content (AvgIpc) is 2.94. The predicted molar refractivity (Wildman–Crippen MR) is 73.4 cm³/mol. The first kappa shape index (κ1) is 12.0. The van der Waals surface area contributed by atoms with Crippen molar-refractivity contribution in [2.75, 3.05) is 0 Å². The smallest absolute Gasteiger partial charge is 0.123 e. The van der Waals surface area contributed by atoms with Crippen LogP contribution in [0.15, 0.2) is 30.3 Å². The van der Waals surface area contributed by atoms with Crippen molar-refractivity contribution in [3.8, 4) is 5.75 Å². The minimum atomic E-state index is -0.334. The van der Waals surface area contributed by atoms with Crippen LogP contribution in [0.2, 0.25) is 4.34 Å². The quantitative estimate of drug-likeness (QED) is 0.922. The average molecular weight is 281 g/mol. The minimum absolute atomic E-state index is 0.334. The Morgan fingerprint density at radius 1 is 1.33 bits per heavy atom. The zero-order valence-corrected chi connectivity index (χ0v) is 11.3. The van der Waals surface area contributed by atoms with Crippen LogP contribution in [0.3, 0.4) is 0 Å². The molecule has 0 spiro atoms. The molecule has 94 valence electrons. The van der Waals surface area contributed by atoms with Gasteiger partial charge in [-0.1, -0.05) is 23.7 Å². The molecule has 0 fully saturated rings. The monoisotopic (exact) mass is 280 g/mol. The van der Waals surface area contributed by atoms with Gasteiger partial charge >= 0.3 is 0 Å². The number of aliphatic hydroxyl groups excluding tert-OH is 1. The van der Waals surface area contributed by atoms with Gasteiger partial charge in [-0.2, -0.15) is 0 Å². The Bertz CT molecular complexity index is 565. The summed E-state index contributed by atoms with van der Waals surface area (Å²) in [6.07, 6.45) is 1.35. The van der Waals surface area contributed by atoms with Crippen LogP contribution in [0.1, 0.15) is 28.5 Å². The van der Waals surface area contributed by atoms with E-state index >= 15 is 0 Å². The Morgan fingerprint density at radius 3 is 3.00 bits per heavy atom. The first-order valence-corrected chi connectivity index (χ1v) is 7.10. The zero-order chi connectivity index (χ0) is 12.5. The lowest BCUT2D eigenvalue weighted by Crippen LogP contribution is -1.97. The second-order valence-electron chi connectivity index (χ2n) is 4.37. The highest BCUT2D eigenvalue weighted by Crippen LogP contribution is 2.37. The molecule has 1 unspecified atom stereocenters. The summed E-state index contributed by atoms with van der Waals surface area (Å²) in [6.45, 7) is 0.532. The maximum Gasteiger partial charge on any atom is 0.123 e. The largest absolute Gasteiger partial charge is 0.488 e. The molecule has 1 heterocycles. The Hall–Kier alpha value is -1.03. The van der Waals surface area contributed by atoms with Gasteiger partial charge in [0.1, 0.15) is 12.4 Å². The number of aliphatic hydroxyl groups is 1. The van der Waals surface area contributed by atoms with E-state index in [-0.39, 0.29) is 6.10 Å². The number of benzene rings is 1. The molecule has 0 saturated heterocycles. The molecule has 0 aliphatic heterocycles. The number of hydrogen-bond acceptors (Lipinski definition) is 3. The second kappa shape index (κ2) is 4.92. The third kappa shape index (κ3) is 2.26. The van der Waals surface area contributed by atoms with Crippen molar-refractivity contribution in [1.82, 2.24) is 0 Å². The van der Waals surface area contributed by atoms with Gasteiger partial charge in [-0.3, -0.25) is 0 Å². The van der Waals surface area contributed by atoms with Crippen molar-refractivity contribution >= 4 is 22.9 Å². The number of ether oxygens (including phenoxy) is 1. The van der Waals surface area contributed by atoms with Crippen LogP contribution < -0.4 is 4.74 Å². The molecule has 0 radical (unpaired) electrons. The van der Waals surface area contributed by atoms with E-state index in [0.29, 0.717) is 6.61 Å². The fraction of sp³-hybridized carbons (Fsp3) is 0.286. The van der Waals surface area contributed by atoms with E-state index < -0.39 is 0 Å². The molecule has 1 aromatic heterocycles. The summed E-state index contributed by atoms with van der Waals surface area (Å²) < 4.78 is 6.62. The Kier molecular flexibility index (Phi) is 3.29. The molecule has 1 N–H and O–H groups in total. The van der Waals surface area contributed by atoms with Crippen LogP contribution >= 0.6 is 22.9 Å². The Labute approximate surface area is 115 Å². The summed E-state index contributed by atoms with van der Waals surface area (Å²) in [7, 11) is 0. The van der Waals surface area contributed by atoms with Crippen molar-refractivity contribution in [2.24, 2.45) is 0 Å². The fourth-order valence-corrected chi connectivity index (χ4v) is 3.31. The van der Waals surface area contributed by atoms with Crippen molar-refractivity contribution in [1.29, 1.82) is 0 Å². The highest BCUT2D eigenvalue weighted by molar-refractivity contribution is 7.16. The van der Waals surface area contributed by atoms with E-state index in [9.17, 15) is 5.11 Å². The first-order valence-electron chi connectivity index (χ1n) is 5.91. The molecule has 18 heavy (non-hydrogen) atoms. The number of hydrogen-bond donors (Lipinski definition) is 1. The van der Waals surface area contributed by atoms with Gasteiger partial charge in [0.05, 0.1) is 10.4 Å². The standard InChI is InChI=1S/C14H13ClO2S/c15-14-7-4-9(18-14)8-17-13-3-1-2-10-11(13)5-6-12(10)16/h1-4,7,12,16H,5-6,8H2. The third-order valence-electron chi connectivity index (χ3n) is 3.19. The van der Waals surface area contributed by atoms with E-state index in [1.165, 1.54) is 11.3 Å². The summed E-state index contributed by atoms with van der Waals surface area (Å²) in [5.41, 5.74) is 2.16. The summed E-state index contributed by atoms with van der Waals surface area (Å²) >= 11 is 7.42. The van der Waals surface area contributed by atoms with E-state index in [4.69, 9.17) is 16.3 Å². The van der Waals surface area contributed by atoms with Gasteiger partial charge in [-0.25, -0.2) is 0 Å². The Balaban J connectivity index is 1.78. The highest BCUT2D eigenvalue weighted by Gasteiger charge is 2.23. The van der Waals surface area contributed by atoms with Crippen LogP contribution in [0, 0.1) is 0 Å². The van der Waals surface area contributed by atoms with Gasteiger partial charge < -0.3 is 9.84 Å². The van der Waals surface area contributed by atoms with Crippen molar-refractivity contribution in [3.63, 3.8) is 0 Å². The van der Waals surface area contributed by atoms with Gasteiger partial charge in [0.15, 0.2) is 0 Å². The van der Waals surface area contributed by atoms with Crippen molar-refractivity contribution in [3.05, 3.63) is 50.7 Å². The first-order chi connectivity index (χ1) is 8.74. The lowest BCUT2D eigenvalue weighted by Gasteiger charge is -2.10. The number of thiophene rings is 1. The van der Waals surface area contributed by atoms with Crippen LogP contribution in [-0.4, -0.2) is 5.11 Å². The topological polar surface area (TPSA) is 29.5 Å². The predicted octanol–water partition coefficient (Wildman–Crippen LogP) is 3.96. The lowest BCUT2D eigenvalue weighted by atomic mass is 10.1. The third-order valence-corrected chi connectivity index (χ3v) is 4.40. The van der Waals surface area contributed by atoms with Crippen molar-refractivity contribution < 1.29 is 9.84 Å². The zero-order valence-electron chi connectivity index (χ0n) is 9.73. The molecular weight excluding hydrogens is 268 g/mol. The molecule has 4 heteroatoms. The number of halogens is 1. The molecule has 0 saturated carbocycles. The Morgan fingerprint density at radius 2 is 2.22 bits per heavy atom. The summed E-state index contributed by atoms with van der Waals surface area (Å²) in [4.78, 5) is 1.11. The van der Waals surface area contributed by atoms with E-state index in [1.54, 1.807) is 0 Å². The SMILES string of the molecule is OC1CCc2c(OCc3ccc(Cl)s3)cccc21. The number of fused-ring (bicyclic) bond motifs is 1.